The van der Waals surface area contributed by atoms with Crippen LogP contribution in [0.4, 0.5) is 30.7 Å². The molecule has 3 aliphatic carbocycles. The number of allylic oxidation sites excluding steroid dienone is 5. The molecule has 1 amide bonds. The average Bonchev–Trinajstić information content (AvgIpc) is 3.40. The highest BCUT2D eigenvalue weighted by Crippen LogP contribution is 2.51. The van der Waals surface area contributed by atoms with E-state index in [1.54, 1.807) is 31.3 Å². The van der Waals surface area contributed by atoms with E-state index in [-0.39, 0.29) is 29.8 Å². The van der Waals surface area contributed by atoms with E-state index in [4.69, 9.17) is 5.41 Å². The molecule has 0 fully saturated rings. The molecular formula is C37H31F7N6O3. The van der Waals surface area contributed by atoms with Gasteiger partial charge in [0.15, 0.2) is 0 Å². The van der Waals surface area contributed by atoms with Crippen LogP contribution in [0.25, 0.3) is 22.0 Å². The molecule has 1 unspecified atom stereocenters. The molecule has 0 saturated heterocycles. The molecule has 3 aliphatic rings. The third kappa shape index (κ3) is 7.37. The van der Waals surface area contributed by atoms with Crippen LogP contribution in [-0.2, 0) is 11.8 Å². The van der Waals surface area contributed by atoms with Crippen LogP contribution in [0.3, 0.4) is 0 Å². The van der Waals surface area contributed by atoms with E-state index < -0.39 is 82.6 Å². The molecule has 0 bridgehead atoms. The van der Waals surface area contributed by atoms with Crippen LogP contribution >= 0.6 is 0 Å². The molecule has 0 aliphatic heterocycles. The first-order chi connectivity index (χ1) is 24.7. The normalized spacial score (nSPS) is 20.9. The number of amides is 1. The number of aliphatic hydroxyl groups is 1. The Morgan fingerprint density at radius 3 is 2.58 bits per heavy atom. The number of hydrogen-bond donors (Lipinski definition) is 5. The number of pyridine rings is 1. The quantitative estimate of drug-likeness (QED) is 0.113. The number of nitrogens with zero attached hydrogens (tertiary/aromatic N) is 2. The summed E-state index contributed by atoms with van der Waals surface area (Å²) in [6, 6.07) is 6.70. The summed E-state index contributed by atoms with van der Waals surface area (Å²) in [4.78, 5) is 30.9. The molecule has 0 radical (unpaired) electrons. The molecule has 16 heteroatoms. The van der Waals surface area contributed by atoms with E-state index in [2.05, 4.69) is 44.4 Å². The summed E-state index contributed by atoms with van der Waals surface area (Å²) in [5.41, 5.74) is -4.57. The van der Waals surface area contributed by atoms with E-state index in [0.29, 0.717) is 22.0 Å². The Morgan fingerprint density at radius 2 is 1.94 bits per heavy atom. The van der Waals surface area contributed by atoms with Gasteiger partial charge in [-0.05, 0) is 56.5 Å². The Kier molecular flexibility index (Phi) is 9.41. The second-order valence-electron chi connectivity index (χ2n) is 13.4. The van der Waals surface area contributed by atoms with Crippen molar-refractivity contribution in [2.45, 2.75) is 56.6 Å². The molecule has 3 aromatic rings. The number of carbonyl (C=O) groups is 1. The van der Waals surface area contributed by atoms with Gasteiger partial charge in [0.25, 0.3) is 5.56 Å². The predicted molar refractivity (Wildman–Crippen MR) is 181 cm³/mol. The summed E-state index contributed by atoms with van der Waals surface area (Å²) in [7, 11) is 1.59. The third-order valence-electron chi connectivity index (χ3n) is 8.88. The fourth-order valence-corrected chi connectivity index (χ4v) is 6.57. The van der Waals surface area contributed by atoms with Gasteiger partial charge in [0.05, 0.1) is 40.8 Å². The van der Waals surface area contributed by atoms with Gasteiger partial charge in [-0.25, -0.2) is 13.8 Å². The molecule has 1 aromatic carbocycles. The number of carbonyl (C=O) groups excluding carboxylic acids is 1. The highest BCUT2D eigenvalue weighted by molar-refractivity contribution is 6.05. The average molecular weight is 741 g/mol. The fourth-order valence-electron chi connectivity index (χ4n) is 6.57. The maximum Gasteiger partial charge on any atom is 0.433 e. The molecule has 0 spiro atoms. The van der Waals surface area contributed by atoms with Gasteiger partial charge < -0.3 is 15.7 Å². The summed E-state index contributed by atoms with van der Waals surface area (Å²) in [5, 5.41) is 25.5. The van der Waals surface area contributed by atoms with Crippen molar-refractivity contribution in [1.82, 2.24) is 25.4 Å². The lowest BCUT2D eigenvalue weighted by atomic mass is 9.82. The number of benzene rings is 1. The third-order valence-corrected chi connectivity index (χ3v) is 8.88. The molecule has 9 nitrogen and oxygen atoms in total. The number of hydrogen-bond acceptors (Lipinski definition) is 6. The molecule has 53 heavy (non-hydrogen) atoms. The standard InChI is InChI=1S/C37H31F7N6O3/c1-35(2,53)12-11-21-7-8-22(23-5-4-6-25-31(23)50(3)49-34(25)52)30(47-21)27(15-18-13-19(38)16-20(39)14-18)48-28(51)17-46-33-29(32(45)37(42,43)44)24-9-10-26(24)36(33,40)41/h4-8,13,16,20,24,26-27,45-46,53H,14-15,17H2,1-3H3,(H,48,51)(H,49,52)/t20?,24-,26+,27-/m0/s1. The van der Waals surface area contributed by atoms with Gasteiger partial charge in [0.1, 0.15) is 34.9 Å². The van der Waals surface area contributed by atoms with Crippen molar-refractivity contribution in [3.05, 3.63) is 86.9 Å². The minimum absolute atomic E-state index is 0.0738. The lowest BCUT2D eigenvalue weighted by Gasteiger charge is -2.26. The Bertz CT molecular complexity index is 2320. The van der Waals surface area contributed by atoms with Crippen LogP contribution < -0.4 is 16.2 Å². The molecule has 6 rings (SSSR count). The highest BCUT2D eigenvalue weighted by atomic mass is 19.4. The summed E-state index contributed by atoms with van der Waals surface area (Å²) in [6.45, 7) is 1.88. The number of fused-ring (bicyclic) bond motifs is 2. The minimum Gasteiger partial charge on any atom is -0.378 e. The lowest BCUT2D eigenvalue weighted by Crippen LogP contribution is -2.41. The zero-order valence-electron chi connectivity index (χ0n) is 28.3. The zero-order valence-corrected chi connectivity index (χ0v) is 28.3. The van der Waals surface area contributed by atoms with Gasteiger partial charge in [-0.2, -0.15) is 22.0 Å². The Hall–Kier alpha value is -5.61. The van der Waals surface area contributed by atoms with Gasteiger partial charge >= 0.3 is 12.1 Å². The van der Waals surface area contributed by atoms with E-state index in [0.717, 1.165) is 12.2 Å². The number of halogens is 7. The Balaban J connectivity index is 1.43. The second kappa shape index (κ2) is 13.4. The smallest absolute Gasteiger partial charge is 0.378 e. The number of alkyl halides is 6. The van der Waals surface area contributed by atoms with Crippen LogP contribution in [-0.4, -0.2) is 61.9 Å². The summed E-state index contributed by atoms with van der Waals surface area (Å²) in [5.74, 6) is 0.587. The molecule has 4 atom stereocenters. The maximum absolute atomic E-state index is 15.3. The van der Waals surface area contributed by atoms with Gasteiger partial charge in [0.2, 0.25) is 5.91 Å². The number of para-hydroxylation sites is 1. The number of nitrogens with one attached hydrogen (secondary N) is 4. The molecule has 5 N–H and O–H groups in total. The van der Waals surface area contributed by atoms with Crippen molar-refractivity contribution in [2.24, 2.45) is 18.9 Å². The summed E-state index contributed by atoms with van der Waals surface area (Å²) >= 11 is 0. The van der Waals surface area contributed by atoms with Crippen molar-refractivity contribution in [1.29, 1.82) is 5.41 Å². The van der Waals surface area contributed by atoms with Gasteiger partial charge in [-0.15, -0.1) is 0 Å². The summed E-state index contributed by atoms with van der Waals surface area (Å²) < 4.78 is 102. The predicted octanol–water partition coefficient (Wildman–Crippen LogP) is 5.44. The van der Waals surface area contributed by atoms with Gasteiger partial charge in [0, 0.05) is 30.2 Å². The number of H-pyrrole nitrogens is 1. The van der Waals surface area contributed by atoms with E-state index in [1.807, 2.05) is 0 Å². The molecular weight excluding hydrogens is 709 g/mol. The Labute approximate surface area is 297 Å². The van der Waals surface area contributed by atoms with Gasteiger partial charge in [-0.1, -0.05) is 35.5 Å². The number of aromatic nitrogens is 3. The van der Waals surface area contributed by atoms with Crippen LogP contribution in [0.5, 0.6) is 0 Å². The molecule has 2 heterocycles. The first kappa shape index (κ1) is 37.2. The monoisotopic (exact) mass is 740 g/mol. The van der Waals surface area contributed by atoms with E-state index >= 15 is 8.78 Å². The van der Waals surface area contributed by atoms with E-state index in [9.17, 15) is 36.6 Å². The van der Waals surface area contributed by atoms with Crippen molar-refractivity contribution >= 4 is 22.5 Å². The summed E-state index contributed by atoms with van der Waals surface area (Å²) in [6.07, 6.45) is -5.65. The fraction of sp³-hybridized carbons (Fsp3) is 0.351. The minimum atomic E-state index is -5.27. The van der Waals surface area contributed by atoms with E-state index in [1.165, 1.54) is 24.6 Å². The first-order valence-electron chi connectivity index (χ1n) is 16.2. The van der Waals surface area contributed by atoms with Crippen LogP contribution in [0, 0.1) is 40.9 Å². The Morgan fingerprint density at radius 1 is 1.21 bits per heavy atom. The molecule has 276 valence electrons. The SMILES string of the molecule is Cn1[nH]c(=O)c2cccc(-c3ccc(C#CC(C)(C)O)nc3[C@H](CC3=CC(F)=CC(F)C3)NC(=O)CNC3=C(C(=N)C(F)(F)F)[C@H]4C#C[C@H]4C3(F)F)c21. The second-order valence-corrected chi connectivity index (χ2v) is 13.4. The highest BCUT2D eigenvalue weighted by Gasteiger charge is 2.61. The number of rotatable bonds is 9. The molecule has 0 saturated carbocycles. The largest absolute Gasteiger partial charge is 0.433 e. The van der Waals surface area contributed by atoms with Crippen molar-refractivity contribution in [2.75, 3.05) is 6.54 Å². The zero-order chi connectivity index (χ0) is 38.6. The topological polar surface area (TPSA) is 136 Å². The lowest BCUT2D eigenvalue weighted by molar-refractivity contribution is -0.121. The van der Waals surface area contributed by atoms with Gasteiger partial charge in [-0.3, -0.25) is 24.8 Å². The van der Waals surface area contributed by atoms with Crippen molar-refractivity contribution in [3.63, 3.8) is 0 Å². The van der Waals surface area contributed by atoms with Crippen molar-refractivity contribution in [3.8, 4) is 34.8 Å². The first-order valence-corrected chi connectivity index (χ1v) is 16.2. The van der Waals surface area contributed by atoms with Crippen LogP contribution in [0.15, 0.2) is 69.9 Å². The maximum atomic E-state index is 15.3. The van der Waals surface area contributed by atoms with Crippen molar-refractivity contribution < 1.29 is 40.6 Å². The number of aryl methyl sites for hydroxylation is 1. The van der Waals surface area contributed by atoms with Crippen LogP contribution in [0.1, 0.15) is 44.1 Å². The molecule has 2 aromatic heterocycles. The van der Waals surface area contributed by atoms with Crippen LogP contribution in [0.2, 0.25) is 0 Å². The number of aromatic amines is 1.